The molecule has 2 N–H and O–H groups in total. The van der Waals surface area contributed by atoms with E-state index in [0.717, 1.165) is 16.6 Å². The monoisotopic (exact) mass is 222 g/mol. The molecule has 0 aliphatic carbocycles. The average Bonchev–Trinajstić information content (AvgIpc) is 2.27. The lowest BCUT2D eigenvalue weighted by atomic mass is 10.0. The van der Waals surface area contributed by atoms with E-state index in [2.05, 4.69) is 4.98 Å². The summed E-state index contributed by atoms with van der Waals surface area (Å²) in [6.45, 7) is 1.89. The molecule has 1 heterocycles. The molecule has 0 aliphatic heterocycles. The van der Waals surface area contributed by atoms with Crippen molar-refractivity contribution in [1.29, 1.82) is 0 Å². The van der Waals surface area contributed by atoms with Gasteiger partial charge in [0.1, 0.15) is 0 Å². The summed E-state index contributed by atoms with van der Waals surface area (Å²) in [6.07, 6.45) is -2.55. The van der Waals surface area contributed by atoms with Crippen molar-refractivity contribution in [2.24, 2.45) is 5.73 Å². The molecule has 2 rings (SSSR count). The standard InChI is InChI=1S/C12H12F2N2/c1-7-2-3-8-6-9(11(15)12(13)14)4-5-10(8)16-7/h2-6,11-12H,15H2,1H3. The Morgan fingerprint density at radius 1 is 1.19 bits per heavy atom. The SMILES string of the molecule is Cc1ccc2cc(C(N)C(F)F)ccc2n1. The van der Waals surface area contributed by atoms with Gasteiger partial charge >= 0.3 is 0 Å². The van der Waals surface area contributed by atoms with Crippen LogP contribution in [0.15, 0.2) is 30.3 Å². The van der Waals surface area contributed by atoms with Crippen LogP contribution in [0.3, 0.4) is 0 Å². The van der Waals surface area contributed by atoms with Gasteiger partial charge in [-0.1, -0.05) is 12.1 Å². The van der Waals surface area contributed by atoms with Crippen LogP contribution >= 0.6 is 0 Å². The first-order chi connectivity index (χ1) is 7.58. The van der Waals surface area contributed by atoms with Crippen molar-refractivity contribution in [3.8, 4) is 0 Å². The molecule has 84 valence electrons. The Morgan fingerprint density at radius 3 is 2.62 bits per heavy atom. The van der Waals surface area contributed by atoms with Crippen molar-refractivity contribution in [3.63, 3.8) is 0 Å². The van der Waals surface area contributed by atoms with Gasteiger partial charge in [0.15, 0.2) is 0 Å². The fourth-order valence-electron chi connectivity index (χ4n) is 1.60. The number of nitrogens with zero attached hydrogens (tertiary/aromatic N) is 1. The Morgan fingerprint density at radius 2 is 1.94 bits per heavy atom. The zero-order valence-corrected chi connectivity index (χ0v) is 8.82. The number of benzene rings is 1. The lowest BCUT2D eigenvalue weighted by molar-refractivity contribution is 0.116. The zero-order chi connectivity index (χ0) is 11.7. The summed E-state index contributed by atoms with van der Waals surface area (Å²) in [6, 6.07) is 7.47. The maximum atomic E-state index is 12.4. The number of hydrogen-bond acceptors (Lipinski definition) is 2. The van der Waals surface area contributed by atoms with Crippen LogP contribution in [-0.2, 0) is 0 Å². The molecule has 0 saturated heterocycles. The van der Waals surface area contributed by atoms with Gasteiger partial charge in [-0.05, 0) is 30.7 Å². The Bertz CT molecular complexity index is 511. The van der Waals surface area contributed by atoms with Gasteiger partial charge in [-0.15, -0.1) is 0 Å². The number of aromatic nitrogens is 1. The quantitative estimate of drug-likeness (QED) is 0.848. The second-order valence-corrected chi connectivity index (χ2v) is 3.77. The Balaban J connectivity index is 2.48. The summed E-state index contributed by atoms with van der Waals surface area (Å²) in [4.78, 5) is 4.29. The van der Waals surface area contributed by atoms with Gasteiger partial charge in [-0.2, -0.15) is 0 Å². The van der Waals surface area contributed by atoms with Crippen LogP contribution in [0.1, 0.15) is 17.3 Å². The fraction of sp³-hybridized carbons (Fsp3) is 0.250. The largest absolute Gasteiger partial charge is 0.319 e. The predicted octanol–water partition coefficient (Wildman–Crippen LogP) is 2.81. The van der Waals surface area contributed by atoms with Gasteiger partial charge in [-0.3, -0.25) is 4.98 Å². The molecule has 0 amide bonds. The topological polar surface area (TPSA) is 38.9 Å². The number of aryl methyl sites for hydroxylation is 1. The Hall–Kier alpha value is -1.55. The molecule has 0 fully saturated rings. The Kier molecular flexibility index (Phi) is 2.83. The second kappa shape index (κ2) is 4.14. The van der Waals surface area contributed by atoms with Gasteiger partial charge in [0.2, 0.25) is 0 Å². The van der Waals surface area contributed by atoms with Crippen LogP contribution in [0.2, 0.25) is 0 Å². The molecule has 4 heteroatoms. The minimum atomic E-state index is -2.55. The minimum absolute atomic E-state index is 0.438. The molecule has 1 unspecified atom stereocenters. The highest BCUT2D eigenvalue weighted by molar-refractivity contribution is 5.79. The summed E-state index contributed by atoms with van der Waals surface area (Å²) in [5, 5.41) is 0.833. The van der Waals surface area contributed by atoms with Gasteiger partial charge in [-0.25, -0.2) is 8.78 Å². The molecule has 16 heavy (non-hydrogen) atoms. The minimum Gasteiger partial charge on any atom is -0.319 e. The van der Waals surface area contributed by atoms with Gasteiger partial charge in [0.05, 0.1) is 11.6 Å². The third-order valence-electron chi connectivity index (χ3n) is 2.51. The first kappa shape index (κ1) is 11.0. The molecular weight excluding hydrogens is 210 g/mol. The van der Waals surface area contributed by atoms with Gasteiger partial charge in [0, 0.05) is 11.1 Å². The van der Waals surface area contributed by atoms with Crippen molar-refractivity contribution >= 4 is 10.9 Å². The van der Waals surface area contributed by atoms with Crippen LogP contribution in [-0.4, -0.2) is 11.4 Å². The molecule has 0 spiro atoms. The van der Waals surface area contributed by atoms with E-state index in [9.17, 15) is 8.78 Å². The molecule has 0 saturated carbocycles. The van der Waals surface area contributed by atoms with Crippen molar-refractivity contribution in [2.75, 3.05) is 0 Å². The number of nitrogens with two attached hydrogens (primary N) is 1. The highest BCUT2D eigenvalue weighted by atomic mass is 19.3. The summed E-state index contributed by atoms with van der Waals surface area (Å²) in [7, 11) is 0. The molecule has 1 aromatic carbocycles. The third-order valence-corrected chi connectivity index (χ3v) is 2.51. The molecule has 0 radical (unpaired) electrons. The first-order valence-electron chi connectivity index (χ1n) is 4.99. The molecule has 1 atom stereocenters. The van der Waals surface area contributed by atoms with E-state index in [0.29, 0.717) is 5.56 Å². The zero-order valence-electron chi connectivity index (χ0n) is 8.82. The molecular formula is C12H12F2N2. The second-order valence-electron chi connectivity index (χ2n) is 3.77. The number of pyridine rings is 1. The number of fused-ring (bicyclic) bond motifs is 1. The molecule has 0 aliphatic rings. The van der Waals surface area contributed by atoms with Crippen molar-refractivity contribution in [2.45, 2.75) is 19.4 Å². The predicted molar refractivity (Wildman–Crippen MR) is 59.4 cm³/mol. The van der Waals surface area contributed by atoms with E-state index in [4.69, 9.17) is 5.73 Å². The highest BCUT2D eigenvalue weighted by Gasteiger charge is 2.17. The van der Waals surface area contributed by atoms with Crippen LogP contribution in [0, 0.1) is 6.92 Å². The average molecular weight is 222 g/mol. The lowest BCUT2D eigenvalue weighted by Gasteiger charge is -2.11. The smallest absolute Gasteiger partial charge is 0.257 e. The van der Waals surface area contributed by atoms with Crippen molar-refractivity contribution < 1.29 is 8.78 Å². The van der Waals surface area contributed by atoms with Crippen LogP contribution in [0.5, 0.6) is 0 Å². The highest BCUT2D eigenvalue weighted by Crippen LogP contribution is 2.22. The summed E-state index contributed by atoms with van der Waals surface area (Å²) < 4.78 is 24.9. The van der Waals surface area contributed by atoms with Gasteiger partial charge in [0.25, 0.3) is 6.43 Å². The summed E-state index contributed by atoms with van der Waals surface area (Å²) in [5.41, 5.74) is 7.52. The molecule has 2 aromatic rings. The van der Waals surface area contributed by atoms with E-state index in [1.165, 1.54) is 0 Å². The molecule has 1 aromatic heterocycles. The van der Waals surface area contributed by atoms with Crippen molar-refractivity contribution in [1.82, 2.24) is 4.98 Å². The maximum Gasteiger partial charge on any atom is 0.257 e. The number of rotatable bonds is 2. The van der Waals surface area contributed by atoms with Crippen LogP contribution < -0.4 is 5.73 Å². The van der Waals surface area contributed by atoms with Gasteiger partial charge < -0.3 is 5.73 Å². The van der Waals surface area contributed by atoms with Crippen LogP contribution in [0.25, 0.3) is 10.9 Å². The summed E-state index contributed by atoms with van der Waals surface area (Å²) >= 11 is 0. The fourth-order valence-corrected chi connectivity index (χ4v) is 1.60. The number of alkyl halides is 2. The van der Waals surface area contributed by atoms with E-state index in [1.54, 1.807) is 18.2 Å². The van der Waals surface area contributed by atoms with E-state index < -0.39 is 12.5 Å². The Labute approximate surface area is 92.1 Å². The first-order valence-corrected chi connectivity index (χ1v) is 4.99. The normalized spacial score (nSPS) is 13.3. The molecule has 2 nitrogen and oxygen atoms in total. The van der Waals surface area contributed by atoms with E-state index >= 15 is 0 Å². The number of halogens is 2. The lowest BCUT2D eigenvalue weighted by Crippen LogP contribution is -2.18. The summed E-state index contributed by atoms with van der Waals surface area (Å²) in [5.74, 6) is 0. The van der Waals surface area contributed by atoms with E-state index in [-0.39, 0.29) is 0 Å². The third kappa shape index (κ3) is 2.02. The maximum absolute atomic E-state index is 12.4. The molecule has 0 bridgehead atoms. The number of hydrogen-bond donors (Lipinski definition) is 1. The van der Waals surface area contributed by atoms with E-state index in [1.807, 2.05) is 19.1 Å². The van der Waals surface area contributed by atoms with Crippen molar-refractivity contribution in [3.05, 3.63) is 41.6 Å². The van der Waals surface area contributed by atoms with Crippen LogP contribution in [0.4, 0.5) is 8.78 Å².